The van der Waals surface area contributed by atoms with E-state index in [1.165, 1.54) is 0 Å². The van der Waals surface area contributed by atoms with Gasteiger partial charge in [-0.05, 0) is 30.7 Å². The number of carbonyl (C=O) groups is 1. The molecule has 3 rings (SSSR count). The second-order valence-electron chi connectivity index (χ2n) is 4.54. The van der Waals surface area contributed by atoms with E-state index in [-0.39, 0.29) is 18.9 Å². The molecule has 0 aromatic heterocycles. The van der Waals surface area contributed by atoms with Gasteiger partial charge in [-0.1, -0.05) is 18.2 Å². The number of fused-ring (bicyclic) bond motifs is 1. The maximum Gasteiger partial charge on any atom is 0.333 e. The Bertz CT molecular complexity index is 572. The maximum atomic E-state index is 11.4. The molecule has 2 aliphatic rings. The van der Waals surface area contributed by atoms with Crippen LogP contribution in [0.5, 0.6) is 11.5 Å². The zero-order chi connectivity index (χ0) is 13.2. The van der Waals surface area contributed by atoms with E-state index in [4.69, 9.17) is 14.2 Å². The fourth-order valence-corrected chi connectivity index (χ4v) is 2.01. The molecule has 0 bridgehead atoms. The monoisotopic (exact) mass is 258 g/mol. The molecule has 2 aliphatic heterocycles. The van der Waals surface area contributed by atoms with Crippen molar-refractivity contribution < 1.29 is 19.0 Å². The van der Waals surface area contributed by atoms with Crippen LogP contribution in [0.25, 0.3) is 6.08 Å². The molecule has 1 unspecified atom stereocenters. The van der Waals surface area contributed by atoms with E-state index in [1.807, 2.05) is 36.4 Å². The number of carbonyl (C=O) groups excluding carboxylic acids is 1. The standard InChI is InChI=1S/C15H14O4/c1-10-2-5-12(19-15(10)16)6-3-11-4-7-13-14(8-11)18-9-17-13/h2-4,6-8,12H,5,9H2,1H3. The highest BCUT2D eigenvalue weighted by Gasteiger charge is 2.18. The number of hydrogen-bond acceptors (Lipinski definition) is 4. The number of cyclic esters (lactones) is 1. The van der Waals surface area contributed by atoms with E-state index >= 15 is 0 Å². The predicted octanol–water partition coefficient (Wildman–Crippen LogP) is 2.69. The van der Waals surface area contributed by atoms with Gasteiger partial charge in [-0.2, -0.15) is 0 Å². The fourth-order valence-electron chi connectivity index (χ4n) is 2.01. The van der Waals surface area contributed by atoms with Crippen LogP contribution in [-0.2, 0) is 9.53 Å². The summed E-state index contributed by atoms with van der Waals surface area (Å²) in [5, 5.41) is 0. The Labute approximate surface area is 111 Å². The number of hydrogen-bond donors (Lipinski definition) is 0. The van der Waals surface area contributed by atoms with Crippen molar-refractivity contribution in [1.29, 1.82) is 0 Å². The Hall–Kier alpha value is -2.23. The van der Waals surface area contributed by atoms with Gasteiger partial charge in [0.25, 0.3) is 0 Å². The summed E-state index contributed by atoms with van der Waals surface area (Å²) < 4.78 is 15.8. The van der Waals surface area contributed by atoms with Gasteiger partial charge in [-0.25, -0.2) is 4.79 Å². The van der Waals surface area contributed by atoms with Crippen LogP contribution in [-0.4, -0.2) is 18.9 Å². The van der Waals surface area contributed by atoms with Gasteiger partial charge in [0.1, 0.15) is 6.10 Å². The molecule has 0 spiro atoms. The molecule has 0 saturated carbocycles. The SMILES string of the molecule is CC1=CCC(C=Cc2ccc3c(c2)OCO3)OC1=O. The molecular weight excluding hydrogens is 244 g/mol. The molecule has 1 atom stereocenters. The summed E-state index contributed by atoms with van der Waals surface area (Å²) in [7, 11) is 0. The highest BCUT2D eigenvalue weighted by Crippen LogP contribution is 2.32. The van der Waals surface area contributed by atoms with Crippen LogP contribution in [0.2, 0.25) is 0 Å². The Kier molecular flexibility index (Phi) is 2.99. The summed E-state index contributed by atoms with van der Waals surface area (Å²) >= 11 is 0. The van der Waals surface area contributed by atoms with Crippen LogP contribution in [0, 0.1) is 0 Å². The van der Waals surface area contributed by atoms with Gasteiger partial charge in [-0.3, -0.25) is 0 Å². The maximum absolute atomic E-state index is 11.4. The van der Waals surface area contributed by atoms with Gasteiger partial charge in [0.2, 0.25) is 6.79 Å². The molecule has 0 radical (unpaired) electrons. The van der Waals surface area contributed by atoms with Crippen LogP contribution in [0.1, 0.15) is 18.9 Å². The molecule has 4 heteroatoms. The summed E-state index contributed by atoms with van der Waals surface area (Å²) in [5.74, 6) is 1.27. The van der Waals surface area contributed by atoms with Crippen molar-refractivity contribution in [3.8, 4) is 11.5 Å². The third-order valence-corrected chi connectivity index (χ3v) is 3.14. The third kappa shape index (κ3) is 2.47. The van der Waals surface area contributed by atoms with Crippen LogP contribution >= 0.6 is 0 Å². The van der Waals surface area contributed by atoms with Gasteiger partial charge in [0.05, 0.1) is 0 Å². The topological polar surface area (TPSA) is 44.8 Å². The summed E-state index contributed by atoms with van der Waals surface area (Å²) in [6.07, 6.45) is 6.24. The van der Waals surface area contributed by atoms with Crippen molar-refractivity contribution in [2.45, 2.75) is 19.4 Å². The smallest absolute Gasteiger partial charge is 0.333 e. The minimum Gasteiger partial charge on any atom is -0.454 e. The Balaban J connectivity index is 1.71. The number of rotatable bonds is 2. The summed E-state index contributed by atoms with van der Waals surface area (Å²) in [4.78, 5) is 11.4. The van der Waals surface area contributed by atoms with E-state index in [0.29, 0.717) is 5.57 Å². The lowest BCUT2D eigenvalue weighted by molar-refractivity contribution is -0.143. The lowest BCUT2D eigenvalue weighted by Gasteiger charge is -2.17. The van der Waals surface area contributed by atoms with E-state index in [0.717, 1.165) is 23.5 Å². The molecule has 1 aromatic carbocycles. The van der Waals surface area contributed by atoms with Crippen molar-refractivity contribution in [2.24, 2.45) is 0 Å². The van der Waals surface area contributed by atoms with Crippen molar-refractivity contribution >= 4 is 12.0 Å². The predicted molar refractivity (Wildman–Crippen MR) is 69.9 cm³/mol. The number of esters is 1. The highest BCUT2D eigenvalue weighted by molar-refractivity contribution is 5.88. The second-order valence-corrected chi connectivity index (χ2v) is 4.54. The van der Waals surface area contributed by atoms with Crippen molar-refractivity contribution in [3.63, 3.8) is 0 Å². The highest BCUT2D eigenvalue weighted by atomic mass is 16.7. The average molecular weight is 258 g/mol. The molecule has 98 valence electrons. The van der Waals surface area contributed by atoms with Crippen molar-refractivity contribution in [1.82, 2.24) is 0 Å². The molecule has 2 heterocycles. The fraction of sp³-hybridized carbons (Fsp3) is 0.267. The van der Waals surface area contributed by atoms with Crippen LogP contribution < -0.4 is 9.47 Å². The van der Waals surface area contributed by atoms with Gasteiger partial charge in [0.15, 0.2) is 11.5 Å². The second kappa shape index (κ2) is 4.80. The molecule has 0 saturated heterocycles. The molecule has 19 heavy (non-hydrogen) atoms. The van der Waals surface area contributed by atoms with E-state index in [2.05, 4.69) is 0 Å². The van der Waals surface area contributed by atoms with Crippen molar-refractivity contribution in [2.75, 3.05) is 6.79 Å². The van der Waals surface area contributed by atoms with Crippen LogP contribution in [0.15, 0.2) is 35.9 Å². The summed E-state index contributed by atoms with van der Waals surface area (Å²) in [5.41, 5.74) is 1.67. The lowest BCUT2D eigenvalue weighted by atomic mass is 10.1. The first-order chi connectivity index (χ1) is 9.22. The molecular formula is C15H14O4. The van der Waals surface area contributed by atoms with Gasteiger partial charge in [0, 0.05) is 12.0 Å². The van der Waals surface area contributed by atoms with Gasteiger partial charge in [-0.15, -0.1) is 0 Å². The third-order valence-electron chi connectivity index (χ3n) is 3.14. The number of ether oxygens (including phenoxy) is 3. The first kappa shape index (κ1) is 11.8. The summed E-state index contributed by atoms with van der Waals surface area (Å²) in [6.45, 7) is 2.03. The average Bonchev–Trinajstić information content (AvgIpc) is 2.87. The Morgan fingerprint density at radius 3 is 2.95 bits per heavy atom. The van der Waals surface area contributed by atoms with Crippen molar-refractivity contribution in [3.05, 3.63) is 41.5 Å². The molecule has 4 nitrogen and oxygen atoms in total. The van der Waals surface area contributed by atoms with E-state index in [9.17, 15) is 4.79 Å². The Morgan fingerprint density at radius 2 is 2.11 bits per heavy atom. The number of benzene rings is 1. The quantitative estimate of drug-likeness (QED) is 0.765. The first-order valence-electron chi connectivity index (χ1n) is 6.18. The van der Waals surface area contributed by atoms with E-state index in [1.54, 1.807) is 6.92 Å². The van der Waals surface area contributed by atoms with Crippen LogP contribution in [0.4, 0.5) is 0 Å². The largest absolute Gasteiger partial charge is 0.454 e. The minimum atomic E-state index is -0.244. The first-order valence-corrected chi connectivity index (χ1v) is 6.18. The Morgan fingerprint density at radius 1 is 1.26 bits per heavy atom. The molecule has 0 N–H and O–H groups in total. The summed E-state index contributed by atoms with van der Waals surface area (Å²) in [6, 6.07) is 5.72. The van der Waals surface area contributed by atoms with Gasteiger partial charge < -0.3 is 14.2 Å². The zero-order valence-electron chi connectivity index (χ0n) is 10.6. The lowest BCUT2D eigenvalue weighted by Crippen LogP contribution is -2.20. The molecule has 1 aromatic rings. The molecule has 0 amide bonds. The molecule has 0 aliphatic carbocycles. The van der Waals surface area contributed by atoms with Crippen LogP contribution in [0.3, 0.4) is 0 Å². The van der Waals surface area contributed by atoms with E-state index < -0.39 is 0 Å². The minimum absolute atomic E-state index is 0.193. The zero-order valence-corrected chi connectivity index (χ0v) is 10.6. The molecule has 0 fully saturated rings. The van der Waals surface area contributed by atoms with Gasteiger partial charge >= 0.3 is 5.97 Å². The normalized spacial score (nSPS) is 21.4.